The number of nitrogens with zero attached hydrogens (tertiary/aromatic N) is 1. The third kappa shape index (κ3) is 2.21. The number of aromatic nitrogens is 1. The van der Waals surface area contributed by atoms with Crippen LogP contribution in [0.1, 0.15) is 20.1 Å². The van der Waals surface area contributed by atoms with Crippen LogP contribution >= 0.6 is 22.9 Å². The SMILES string of the molecule is Cc1sc(C(=O)O)cc1Cn1ccc2cccc(Cl)c21. The molecule has 2 heterocycles. The van der Waals surface area contributed by atoms with E-state index in [0.29, 0.717) is 16.4 Å². The fourth-order valence-electron chi connectivity index (χ4n) is 2.31. The molecule has 1 N–H and O–H groups in total. The molecule has 0 amide bonds. The zero-order valence-corrected chi connectivity index (χ0v) is 12.3. The molecule has 0 atom stereocenters. The van der Waals surface area contributed by atoms with Gasteiger partial charge in [-0.1, -0.05) is 23.7 Å². The highest BCUT2D eigenvalue weighted by Gasteiger charge is 2.12. The number of halogens is 1. The van der Waals surface area contributed by atoms with Gasteiger partial charge in [-0.3, -0.25) is 0 Å². The Labute approximate surface area is 125 Å². The molecule has 0 saturated heterocycles. The molecule has 0 aliphatic rings. The zero-order chi connectivity index (χ0) is 14.3. The fourth-order valence-corrected chi connectivity index (χ4v) is 3.48. The average molecular weight is 306 g/mol. The second-order valence-corrected chi connectivity index (χ2v) is 6.28. The van der Waals surface area contributed by atoms with Gasteiger partial charge < -0.3 is 9.67 Å². The summed E-state index contributed by atoms with van der Waals surface area (Å²) >= 11 is 7.56. The van der Waals surface area contributed by atoms with Crippen molar-refractivity contribution >= 4 is 39.8 Å². The number of carbonyl (C=O) groups is 1. The van der Waals surface area contributed by atoms with Crippen LogP contribution in [0.15, 0.2) is 36.5 Å². The first kappa shape index (κ1) is 13.2. The molecule has 0 spiro atoms. The minimum atomic E-state index is -0.875. The number of fused-ring (bicyclic) bond motifs is 1. The molecule has 0 fully saturated rings. The van der Waals surface area contributed by atoms with E-state index in [1.807, 2.05) is 37.4 Å². The molecule has 0 aliphatic heterocycles. The molecule has 5 heteroatoms. The number of aryl methyl sites for hydroxylation is 1. The van der Waals surface area contributed by atoms with Crippen molar-refractivity contribution in [3.8, 4) is 0 Å². The van der Waals surface area contributed by atoms with Crippen LogP contribution in [0.3, 0.4) is 0 Å². The van der Waals surface area contributed by atoms with Crippen molar-refractivity contribution in [1.29, 1.82) is 0 Å². The number of carboxylic acids is 1. The van der Waals surface area contributed by atoms with E-state index < -0.39 is 5.97 Å². The maximum Gasteiger partial charge on any atom is 0.345 e. The standard InChI is InChI=1S/C15H12ClNO2S/c1-9-11(7-13(20-9)15(18)19)8-17-6-5-10-3-2-4-12(16)14(10)17/h2-7H,8H2,1H3,(H,18,19). The molecule has 0 unspecified atom stereocenters. The van der Waals surface area contributed by atoms with Crippen LogP contribution in [0, 0.1) is 6.92 Å². The van der Waals surface area contributed by atoms with Crippen molar-refractivity contribution in [2.24, 2.45) is 0 Å². The van der Waals surface area contributed by atoms with Crippen LogP contribution in [-0.2, 0) is 6.54 Å². The number of thiophene rings is 1. The van der Waals surface area contributed by atoms with Crippen molar-refractivity contribution in [1.82, 2.24) is 4.57 Å². The van der Waals surface area contributed by atoms with Crippen molar-refractivity contribution in [3.05, 3.63) is 56.9 Å². The van der Waals surface area contributed by atoms with Gasteiger partial charge in [0, 0.05) is 23.0 Å². The third-order valence-corrected chi connectivity index (χ3v) is 4.70. The first-order chi connectivity index (χ1) is 9.56. The number of aromatic carboxylic acids is 1. The Kier molecular flexibility index (Phi) is 3.28. The van der Waals surface area contributed by atoms with Crippen LogP contribution in [0.2, 0.25) is 5.02 Å². The van der Waals surface area contributed by atoms with Gasteiger partial charge in [-0.2, -0.15) is 0 Å². The van der Waals surface area contributed by atoms with Crippen LogP contribution < -0.4 is 0 Å². The van der Waals surface area contributed by atoms with Gasteiger partial charge >= 0.3 is 5.97 Å². The number of carboxylic acid groups (broad SMARTS) is 1. The molecule has 1 aromatic carbocycles. The Bertz CT molecular complexity index is 803. The second kappa shape index (κ2) is 4.96. The third-order valence-electron chi connectivity index (χ3n) is 3.31. The summed E-state index contributed by atoms with van der Waals surface area (Å²) in [6, 6.07) is 9.56. The number of hydrogen-bond acceptors (Lipinski definition) is 2. The Balaban J connectivity index is 2.03. The molecular weight excluding hydrogens is 294 g/mol. The quantitative estimate of drug-likeness (QED) is 0.778. The summed E-state index contributed by atoms with van der Waals surface area (Å²) < 4.78 is 2.05. The number of benzene rings is 1. The normalized spacial score (nSPS) is 11.1. The van der Waals surface area contributed by atoms with Crippen LogP contribution in [0.5, 0.6) is 0 Å². The van der Waals surface area contributed by atoms with Gasteiger partial charge in [0.25, 0.3) is 0 Å². The molecule has 2 aromatic heterocycles. The van der Waals surface area contributed by atoms with Gasteiger partial charge in [0.2, 0.25) is 0 Å². The summed E-state index contributed by atoms with van der Waals surface area (Å²) in [5, 5.41) is 10.8. The van der Waals surface area contributed by atoms with Crippen LogP contribution in [-0.4, -0.2) is 15.6 Å². The Morgan fingerprint density at radius 3 is 2.90 bits per heavy atom. The van der Waals surface area contributed by atoms with E-state index in [9.17, 15) is 4.79 Å². The maximum atomic E-state index is 11.0. The molecule has 20 heavy (non-hydrogen) atoms. The summed E-state index contributed by atoms with van der Waals surface area (Å²) in [6.07, 6.45) is 1.98. The molecule has 0 saturated carbocycles. The zero-order valence-electron chi connectivity index (χ0n) is 10.8. The summed E-state index contributed by atoms with van der Waals surface area (Å²) in [7, 11) is 0. The minimum absolute atomic E-state index is 0.375. The topological polar surface area (TPSA) is 42.2 Å². The monoisotopic (exact) mass is 305 g/mol. The molecular formula is C15H12ClNO2S. The summed E-state index contributed by atoms with van der Waals surface area (Å²) in [5.74, 6) is -0.875. The van der Waals surface area contributed by atoms with E-state index in [0.717, 1.165) is 21.3 Å². The molecule has 0 radical (unpaired) electrons. The van der Waals surface area contributed by atoms with Crippen LogP contribution in [0.25, 0.3) is 10.9 Å². The number of para-hydroxylation sites is 1. The average Bonchev–Trinajstić information content (AvgIpc) is 2.96. The van der Waals surface area contributed by atoms with Gasteiger partial charge in [0.15, 0.2) is 0 Å². The van der Waals surface area contributed by atoms with Crippen molar-refractivity contribution in [2.45, 2.75) is 13.5 Å². The highest BCUT2D eigenvalue weighted by molar-refractivity contribution is 7.14. The Morgan fingerprint density at radius 1 is 1.40 bits per heavy atom. The predicted molar refractivity (Wildman–Crippen MR) is 82.1 cm³/mol. The maximum absolute atomic E-state index is 11.0. The Morgan fingerprint density at radius 2 is 2.20 bits per heavy atom. The van der Waals surface area contributed by atoms with Gasteiger partial charge in [0.1, 0.15) is 4.88 Å². The minimum Gasteiger partial charge on any atom is -0.477 e. The molecule has 3 rings (SSSR count). The second-order valence-electron chi connectivity index (χ2n) is 4.62. The first-order valence-corrected chi connectivity index (χ1v) is 7.31. The lowest BCUT2D eigenvalue weighted by molar-refractivity contribution is 0.0702. The largest absolute Gasteiger partial charge is 0.477 e. The Hall–Kier alpha value is -1.78. The van der Waals surface area contributed by atoms with Gasteiger partial charge in [-0.05, 0) is 30.7 Å². The lowest BCUT2D eigenvalue weighted by atomic mass is 10.2. The summed E-state index contributed by atoms with van der Waals surface area (Å²) in [4.78, 5) is 12.4. The van der Waals surface area contributed by atoms with E-state index in [1.165, 1.54) is 11.3 Å². The molecule has 3 nitrogen and oxygen atoms in total. The summed E-state index contributed by atoms with van der Waals surface area (Å²) in [6.45, 7) is 2.57. The van der Waals surface area contributed by atoms with Gasteiger partial charge in [-0.25, -0.2) is 4.79 Å². The molecule has 0 aliphatic carbocycles. The number of rotatable bonds is 3. The summed E-state index contributed by atoms with van der Waals surface area (Å²) in [5.41, 5.74) is 2.00. The molecule has 3 aromatic rings. The lowest BCUT2D eigenvalue weighted by Crippen LogP contribution is -1.98. The van der Waals surface area contributed by atoms with E-state index in [-0.39, 0.29) is 0 Å². The van der Waals surface area contributed by atoms with E-state index >= 15 is 0 Å². The highest BCUT2D eigenvalue weighted by Crippen LogP contribution is 2.27. The fraction of sp³-hybridized carbons (Fsp3) is 0.133. The molecule has 102 valence electrons. The van der Waals surface area contributed by atoms with Crippen molar-refractivity contribution in [3.63, 3.8) is 0 Å². The van der Waals surface area contributed by atoms with Crippen LogP contribution in [0.4, 0.5) is 0 Å². The smallest absolute Gasteiger partial charge is 0.345 e. The van der Waals surface area contributed by atoms with E-state index in [2.05, 4.69) is 4.57 Å². The van der Waals surface area contributed by atoms with E-state index in [1.54, 1.807) is 6.07 Å². The number of hydrogen-bond donors (Lipinski definition) is 1. The van der Waals surface area contributed by atoms with Gasteiger partial charge in [-0.15, -0.1) is 11.3 Å². The van der Waals surface area contributed by atoms with Crippen molar-refractivity contribution in [2.75, 3.05) is 0 Å². The predicted octanol–water partition coefficient (Wildman–Crippen LogP) is 4.41. The molecule has 0 bridgehead atoms. The van der Waals surface area contributed by atoms with Gasteiger partial charge in [0.05, 0.1) is 10.5 Å². The lowest BCUT2D eigenvalue weighted by Gasteiger charge is -2.06. The first-order valence-electron chi connectivity index (χ1n) is 6.12. The van der Waals surface area contributed by atoms with Crippen molar-refractivity contribution < 1.29 is 9.90 Å². The highest BCUT2D eigenvalue weighted by atomic mass is 35.5. The van der Waals surface area contributed by atoms with E-state index in [4.69, 9.17) is 16.7 Å².